The second-order valence-electron chi connectivity index (χ2n) is 3.96. The van der Waals surface area contributed by atoms with Crippen LogP contribution in [0.2, 0.25) is 0 Å². The molecular weight excluding hydrogens is 204 g/mol. The molecule has 0 radical (unpaired) electrons. The third-order valence-electron chi connectivity index (χ3n) is 1.85. The van der Waals surface area contributed by atoms with Crippen LogP contribution >= 0.6 is 0 Å². The SMILES string of the molecule is C#CCCCCC.CC(C)CCOC(=O)O. The highest BCUT2D eigenvalue weighted by atomic mass is 16.7. The summed E-state index contributed by atoms with van der Waals surface area (Å²) in [6.45, 7) is 6.53. The molecule has 0 saturated carbocycles. The Morgan fingerprint density at radius 2 is 2.06 bits per heavy atom. The summed E-state index contributed by atoms with van der Waals surface area (Å²) in [5.41, 5.74) is 0. The molecule has 3 heteroatoms. The van der Waals surface area contributed by atoms with Gasteiger partial charge in [-0.05, 0) is 18.8 Å². The van der Waals surface area contributed by atoms with E-state index in [0.717, 1.165) is 12.8 Å². The molecule has 0 heterocycles. The minimum Gasteiger partial charge on any atom is -0.450 e. The lowest BCUT2D eigenvalue weighted by Gasteiger charge is -2.01. The van der Waals surface area contributed by atoms with Crippen LogP contribution in [0.1, 0.15) is 52.9 Å². The van der Waals surface area contributed by atoms with Crippen molar-refractivity contribution >= 4 is 6.16 Å². The molecule has 0 aromatic heterocycles. The van der Waals surface area contributed by atoms with E-state index in [1.54, 1.807) is 0 Å². The fraction of sp³-hybridized carbons (Fsp3) is 0.769. The Labute approximate surface area is 99.2 Å². The Hall–Kier alpha value is -1.17. The Morgan fingerprint density at radius 1 is 1.44 bits per heavy atom. The molecule has 0 amide bonds. The minimum absolute atomic E-state index is 0.312. The predicted octanol–water partition coefficient (Wildman–Crippen LogP) is 3.93. The molecule has 0 aliphatic heterocycles. The Bertz CT molecular complexity index is 192. The summed E-state index contributed by atoms with van der Waals surface area (Å²) in [4.78, 5) is 9.76. The van der Waals surface area contributed by atoms with Crippen molar-refractivity contribution in [1.82, 2.24) is 0 Å². The van der Waals surface area contributed by atoms with Gasteiger partial charge in [-0.15, -0.1) is 12.3 Å². The molecule has 94 valence electrons. The maximum atomic E-state index is 9.76. The maximum Gasteiger partial charge on any atom is 0.505 e. The summed E-state index contributed by atoms with van der Waals surface area (Å²) in [5.74, 6) is 3.11. The summed E-state index contributed by atoms with van der Waals surface area (Å²) >= 11 is 0. The van der Waals surface area contributed by atoms with Gasteiger partial charge < -0.3 is 9.84 Å². The van der Waals surface area contributed by atoms with Crippen LogP contribution in [0.25, 0.3) is 0 Å². The second-order valence-corrected chi connectivity index (χ2v) is 3.96. The van der Waals surface area contributed by atoms with Crippen LogP contribution in [0.5, 0.6) is 0 Å². The van der Waals surface area contributed by atoms with E-state index in [2.05, 4.69) is 17.6 Å². The van der Waals surface area contributed by atoms with Crippen molar-refractivity contribution in [1.29, 1.82) is 0 Å². The lowest BCUT2D eigenvalue weighted by molar-refractivity contribution is 0.0876. The van der Waals surface area contributed by atoms with Gasteiger partial charge in [0, 0.05) is 6.42 Å². The van der Waals surface area contributed by atoms with Crippen molar-refractivity contribution in [3.63, 3.8) is 0 Å². The van der Waals surface area contributed by atoms with E-state index < -0.39 is 6.16 Å². The van der Waals surface area contributed by atoms with Crippen molar-refractivity contribution in [2.75, 3.05) is 6.61 Å². The summed E-state index contributed by atoms with van der Waals surface area (Å²) in [6, 6.07) is 0. The molecule has 0 saturated heterocycles. The number of hydrogen-bond donors (Lipinski definition) is 1. The molecule has 0 aliphatic carbocycles. The Kier molecular flexibility index (Phi) is 14.9. The van der Waals surface area contributed by atoms with Gasteiger partial charge in [-0.1, -0.05) is 33.6 Å². The van der Waals surface area contributed by atoms with Crippen LogP contribution in [0, 0.1) is 18.3 Å². The zero-order valence-electron chi connectivity index (χ0n) is 10.7. The van der Waals surface area contributed by atoms with Gasteiger partial charge in [0.25, 0.3) is 0 Å². The van der Waals surface area contributed by atoms with Crippen molar-refractivity contribution < 1.29 is 14.6 Å². The quantitative estimate of drug-likeness (QED) is 0.425. The van der Waals surface area contributed by atoms with Gasteiger partial charge in [0.05, 0.1) is 6.61 Å². The third kappa shape index (κ3) is 23.0. The smallest absolute Gasteiger partial charge is 0.450 e. The van der Waals surface area contributed by atoms with Crippen molar-refractivity contribution in [2.24, 2.45) is 5.92 Å². The fourth-order valence-corrected chi connectivity index (χ4v) is 0.859. The van der Waals surface area contributed by atoms with E-state index in [1.165, 1.54) is 19.3 Å². The van der Waals surface area contributed by atoms with Gasteiger partial charge in [-0.25, -0.2) is 4.79 Å². The monoisotopic (exact) mass is 228 g/mol. The molecule has 0 bridgehead atoms. The number of carboxylic acid groups (broad SMARTS) is 1. The molecule has 0 atom stereocenters. The molecule has 1 N–H and O–H groups in total. The van der Waals surface area contributed by atoms with E-state index in [4.69, 9.17) is 11.5 Å². The number of unbranched alkanes of at least 4 members (excludes halogenated alkanes) is 3. The zero-order chi connectivity index (χ0) is 12.8. The standard InChI is InChI=1S/C7H12.C6H12O3/c1-3-5-7-6-4-2;1-5(2)3-4-9-6(7)8/h1H,4-7H2,2H3;5H,3-4H2,1-2H3,(H,7,8). The van der Waals surface area contributed by atoms with Crippen LogP contribution in [0.15, 0.2) is 0 Å². The highest BCUT2D eigenvalue weighted by molar-refractivity contribution is 5.56. The average Bonchev–Trinajstić information content (AvgIpc) is 2.18. The van der Waals surface area contributed by atoms with Gasteiger partial charge in [0.2, 0.25) is 0 Å². The first-order valence-electron chi connectivity index (χ1n) is 5.83. The van der Waals surface area contributed by atoms with E-state index in [9.17, 15) is 4.79 Å². The molecule has 0 aromatic carbocycles. The van der Waals surface area contributed by atoms with E-state index in [-0.39, 0.29) is 0 Å². The summed E-state index contributed by atoms with van der Waals surface area (Å²) in [5, 5.41) is 8.00. The lowest BCUT2D eigenvalue weighted by atomic mass is 10.1. The van der Waals surface area contributed by atoms with Crippen LogP contribution < -0.4 is 0 Å². The van der Waals surface area contributed by atoms with E-state index in [0.29, 0.717) is 12.5 Å². The van der Waals surface area contributed by atoms with E-state index >= 15 is 0 Å². The average molecular weight is 228 g/mol. The van der Waals surface area contributed by atoms with Gasteiger partial charge in [-0.3, -0.25) is 0 Å². The summed E-state index contributed by atoms with van der Waals surface area (Å²) in [6.07, 6.45) is 9.33. The van der Waals surface area contributed by atoms with Crippen LogP contribution in [-0.4, -0.2) is 17.9 Å². The highest BCUT2D eigenvalue weighted by Gasteiger charge is 1.97. The number of terminal acetylenes is 1. The van der Waals surface area contributed by atoms with Crippen molar-refractivity contribution in [3.05, 3.63) is 0 Å². The van der Waals surface area contributed by atoms with Crippen LogP contribution in [-0.2, 0) is 4.74 Å². The van der Waals surface area contributed by atoms with Gasteiger partial charge in [0.15, 0.2) is 0 Å². The fourth-order valence-electron chi connectivity index (χ4n) is 0.859. The number of rotatable bonds is 6. The number of ether oxygens (including phenoxy) is 1. The number of hydrogen-bond acceptors (Lipinski definition) is 2. The van der Waals surface area contributed by atoms with E-state index in [1.807, 2.05) is 13.8 Å². The molecule has 0 fully saturated rings. The summed E-state index contributed by atoms with van der Waals surface area (Å²) in [7, 11) is 0. The first-order valence-corrected chi connectivity index (χ1v) is 5.83. The second kappa shape index (κ2) is 13.8. The third-order valence-corrected chi connectivity index (χ3v) is 1.85. The Balaban J connectivity index is 0. The predicted molar refractivity (Wildman–Crippen MR) is 66.4 cm³/mol. The molecule has 0 spiro atoms. The lowest BCUT2D eigenvalue weighted by Crippen LogP contribution is -2.03. The Morgan fingerprint density at radius 3 is 2.44 bits per heavy atom. The molecule has 0 rings (SSSR count). The largest absolute Gasteiger partial charge is 0.505 e. The molecule has 0 unspecified atom stereocenters. The van der Waals surface area contributed by atoms with Crippen LogP contribution in [0.4, 0.5) is 4.79 Å². The molecular formula is C13H24O3. The molecule has 3 nitrogen and oxygen atoms in total. The maximum absolute atomic E-state index is 9.76. The highest BCUT2D eigenvalue weighted by Crippen LogP contribution is 1.98. The van der Waals surface area contributed by atoms with Crippen molar-refractivity contribution in [2.45, 2.75) is 52.9 Å². The molecule has 0 aliphatic rings. The topological polar surface area (TPSA) is 46.5 Å². The molecule has 16 heavy (non-hydrogen) atoms. The first kappa shape index (κ1) is 17.2. The molecule has 0 aromatic rings. The minimum atomic E-state index is -1.18. The van der Waals surface area contributed by atoms with Gasteiger partial charge in [-0.2, -0.15) is 0 Å². The normalized spacial score (nSPS) is 8.94. The summed E-state index contributed by atoms with van der Waals surface area (Å²) < 4.78 is 4.27. The van der Waals surface area contributed by atoms with Crippen molar-refractivity contribution in [3.8, 4) is 12.3 Å². The van der Waals surface area contributed by atoms with Gasteiger partial charge >= 0.3 is 6.16 Å². The van der Waals surface area contributed by atoms with Crippen LogP contribution in [0.3, 0.4) is 0 Å². The number of carbonyl (C=O) groups is 1. The zero-order valence-corrected chi connectivity index (χ0v) is 10.7. The van der Waals surface area contributed by atoms with Gasteiger partial charge in [0.1, 0.15) is 0 Å². The first-order chi connectivity index (χ1) is 7.54.